The number of hydrogen-bond donors (Lipinski definition) is 0. The Morgan fingerprint density at radius 1 is 0.327 bits per heavy atom. The number of benzene rings is 9. The van der Waals surface area contributed by atoms with Gasteiger partial charge in [-0.05, 0) is 93.9 Å². The van der Waals surface area contributed by atoms with Gasteiger partial charge in [-0.1, -0.05) is 140 Å². The Balaban J connectivity index is 1.07. The third kappa shape index (κ3) is 5.20. The van der Waals surface area contributed by atoms with Gasteiger partial charge in [0.05, 0.1) is 5.69 Å². The smallest absolute Gasteiger partial charge is 0.143 e. The molecule has 0 atom stereocenters. The van der Waals surface area contributed by atoms with Crippen LogP contribution in [-0.2, 0) is 0 Å². The van der Waals surface area contributed by atoms with Gasteiger partial charge in [0.1, 0.15) is 22.3 Å². The molecule has 55 heavy (non-hydrogen) atoms. The van der Waals surface area contributed by atoms with E-state index in [2.05, 4.69) is 193 Å². The van der Waals surface area contributed by atoms with Crippen LogP contribution in [-0.4, -0.2) is 0 Å². The van der Waals surface area contributed by atoms with Crippen molar-refractivity contribution >= 4 is 71.7 Å². The first-order chi connectivity index (χ1) is 27.3. The zero-order valence-electron chi connectivity index (χ0n) is 29.8. The van der Waals surface area contributed by atoms with Crippen molar-refractivity contribution in [2.45, 2.75) is 0 Å². The Morgan fingerprint density at radius 2 is 0.909 bits per heavy atom. The summed E-state index contributed by atoms with van der Waals surface area (Å²) in [4.78, 5) is 2.37. The molecule has 3 heteroatoms. The van der Waals surface area contributed by atoms with Gasteiger partial charge in [0.2, 0.25) is 0 Å². The fraction of sp³-hybridized carbons (Fsp3) is 0. The molecule has 0 fully saturated rings. The van der Waals surface area contributed by atoms with Crippen LogP contribution < -0.4 is 4.90 Å². The van der Waals surface area contributed by atoms with Crippen LogP contribution in [0.5, 0.6) is 0 Å². The van der Waals surface area contributed by atoms with Crippen molar-refractivity contribution < 1.29 is 8.83 Å². The third-order valence-corrected chi connectivity index (χ3v) is 10.9. The molecule has 0 bridgehead atoms. The van der Waals surface area contributed by atoms with Gasteiger partial charge in [-0.2, -0.15) is 0 Å². The van der Waals surface area contributed by atoms with Crippen molar-refractivity contribution in [1.82, 2.24) is 0 Å². The van der Waals surface area contributed by atoms with Crippen LogP contribution >= 0.6 is 0 Å². The van der Waals surface area contributed by atoms with E-state index in [1.54, 1.807) is 0 Å². The maximum Gasteiger partial charge on any atom is 0.143 e. The highest BCUT2D eigenvalue weighted by Crippen LogP contribution is 2.46. The molecule has 11 aromatic rings. The second-order valence-corrected chi connectivity index (χ2v) is 14.1. The maximum atomic E-state index is 6.63. The average Bonchev–Trinajstić information content (AvgIpc) is 3.83. The van der Waals surface area contributed by atoms with Crippen molar-refractivity contribution in [3.63, 3.8) is 0 Å². The Bertz CT molecular complexity index is 3190. The van der Waals surface area contributed by atoms with Crippen molar-refractivity contribution in [3.8, 4) is 33.4 Å². The first kappa shape index (κ1) is 31.2. The summed E-state index contributed by atoms with van der Waals surface area (Å²) in [5.74, 6) is 0. The molecule has 0 radical (unpaired) electrons. The number of fused-ring (bicyclic) bond motifs is 8. The molecular formula is C52H33NO2. The third-order valence-electron chi connectivity index (χ3n) is 10.9. The number of hydrogen-bond acceptors (Lipinski definition) is 3. The van der Waals surface area contributed by atoms with Gasteiger partial charge in [0.15, 0.2) is 0 Å². The summed E-state index contributed by atoms with van der Waals surface area (Å²) in [6, 6.07) is 71.0. The largest absolute Gasteiger partial charge is 0.456 e. The molecule has 0 N–H and O–H groups in total. The molecule has 2 aromatic heterocycles. The van der Waals surface area contributed by atoms with E-state index in [4.69, 9.17) is 8.83 Å². The molecule has 0 saturated carbocycles. The Labute approximate surface area is 317 Å². The molecule has 9 aromatic carbocycles. The van der Waals surface area contributed by atoms with E-state index in [0.29, 0.717) is 0 Å². The first-order valence-electron chi connectivity index (χ1n) is 18.7. The van der Waals surface area contributed by atoms with Crippen LogP contribution in [0.25, 0.3) is 88.0 Å². The molecule has 0 aliphatic rings. The number of furan rings is 2. The highest BCUT2D eigenvalue weighted by Gasteiger charge is 2.21. The Hall–Kier alpha value is -7.36. The van der Waals surface area contributed by atoms with E-state index in [-0.39, 0.29) is 0 Å². The SMILES string of the molecule is c1ccc(-c2ccc(N(c3ccc(-c4ccc5c(c4)oc4ccccc45)cc3)c3ccccc3-c3cccc4oc5c6ccccc6ccc5c34)cc2)cc1. The monoisotopic (exact) mass is 703 g/mol. The number of para-hydroxylation sites is 2. The quantitative estimate of drug-likeness (QED) is 0.173. The summed E-state index contributed by atoms with van der Waals surface area (Å²) in [6.45, 7) is 0. The average molecular weight is 704 g/mol. The summed E-state index contributed by atoms with van der Waals surface area (Å²) in [6.07, 6.45) is 0. The molecule has 11 rings (SSSR count). The molecule has 0 aliphatic heterocycles. The normalized spacial score (nSPS) is 11.6. The summed E-state index contributed by atoms with van der Waals surface area (Å²) in [5, 5.41) is 6.79. The minimum Gasteiger partial charge on any atom is -0.456 e. The Kier molecular flexibility index (Phi) is 7.17. The zero-order valence-corrected chi connectivity index (χ0v) is 29.8. The van der Waals surface area contributed by atoms with Gasteiger partial charge < -0.3 is 13.7 Å². The topological polar surface area (TPSA) is 29.5 Å². The fourth-order valence-electron chi connectivity index (χ4n) is 8.24. The Morgan fingerprint density at radius 3 is 1.73 bits per heavy atom. The minimum atomic E-state index is 0.878. The highest BCUT2D eigenvalue weighted by atomic mass is 16.3. The van der Waals surface area contributed by atoms with Crippen molar-refractivity contribution in [2.24, 2.45) is 0 Å². The molecule has 0 amide bonds. The fourth-order valence-corrected chi connectivity index (χ4v) is 8.24. The number of rotatable bonds is 6. The minimum absolute atomic E-state index is 0.878. The lowest BCUT2D eigenvalue weighted by Gasteiger charge is -2.28. The predicted octanol–water partition coefficient (Wildman–Crippen LogP) is 15.1. The van der Waals surface area contributed by atoms with Crippen LogP contribution in [0.15, 0.2) is 209 Å². The van der Waals surface area contributed by atoms with Crippen molar-refractivity contribution in [2.75, 3.05) is 4.90 Å². The van der Waals surface area contributed by atoms with E-state index in [1.165, 1.54) is 16.5 Å². The van der Waals surface area contributed by atoms with Crippen LogP contribution in [0.2, 0.25) is 0 Å². The van der Waals surface area contributed by atoms with Crippen molar-refractivity contribution in [3.05, 3.63) is 200 Å². The molecular weight excluding hydrogens is 671 g/mol. The summed E-state index contributed by atoms with van der Waals surface area (Å²) in [7, 11) is 0. The van der Waals surface area contributed by atoms with Gasteiger partial charge in [-0.25, -0.2) is 0 Å². The lowest BCUT2D eigenvalue weighted by Crippen LogP contribution is -2.11. The molecule has 0 unspecified atom stereocenters. The van der Waals surface area contributed by atoms with E-state index in [0.717, 1.165) is 88.6 Å². The van der Waals surface area contributed by atoms with Crippen LogP contribution in [0.1, 0.15) is 0 Å². The summed E-state index contributed by atoms with van der Waals surface area (Å²) in [5.41, 5.74) is 13.7. The standard InChI is InChI=1S/C52H33NO2/c1-2-11-34(12-3-1)35-21-27-39(28-22-35)53(40-29-23-36(24-30-40)38-26-31-44-43-16-7-9-19-48(43)54-50(44)33-38)47-18-8-6-15-42(47)45-17-10-20-49-51(45)46-32-25-37-13-4-5-14-41(37)52(46)55-49/h1-33H. The van der Waals surface area contributed by atoms with Gasteiger partial charge >= 0.3 is 0 Å². The van der Waals surface area contributed by atoms with Crippen molar-refractivity contribution in [1.29, 1.82) is 0 Å². The molecule has 0 spiro atoms. The van der Waals surface area contributed by atoms with Gasteiger partial charge in [-0.3, -0.25) is 0 Å². The predicted molar refractivity (Wildman–Crippen MR) is 229 cm³/mol. The van der Waals surface area contributed by atoms with Crippen LogP contribution in [0.4, 0.5) is 17.1 Å². The van der Waals surface area contributed by atoms with E-state index in [9.17, 15) is 0 Å². The molecule has 258 valence electrons. The second-order valence-electron chi connectivity index (χ2n) is 14.1. The lowest BCUT2D eigenvalue weighted by atomic mass is 9.96. The van der Waals surface area contributed by atoms with E-state index >= 15 is 0 Å². The first-order valence-corrected chi connectivity index (χ1v) is 18.7. The zero-order chi connectivity index (χ0) is 36.3. The molecule has 3 nitrogen and oxygen atoms in total. The maximum absolute atomic E-state index is 6.63. The van der Waals surface area contributed by atoms with Gasteiger partial charge in [-0.15, -0.1) is 0 Å². The second kappa shape index (κ2) is 12.6. The van der Waals surface area contributed by atoms with E-state index in [1.807, 2.05) is 12.1 Å². The number of anilines is 3. The summed E-state index contributed by atoms with van der Waals surface area (Å²) < 4.78 is 12.9. The highest BCUT2D eigenvalue weighted by molar-refractivity contribution is 6.19. The van der Waals surface area contributed by atoms with Crippen LogP contribution in [0.3, 0.4) is 0 Å². The molecule has 2 heterocycles. The van der Waals surface area contributed by atoms with E-state index < -0.39 is 0 Å². The van der Waals surface area contributed by atoms with Gasteiger partial charge in [0, 0.05) is 43.9 Å². The molecule has 0 aliphatic carbocycles. The number of nitrogens with zero attached hydrogens (tertiary/aromatic N) is 1. The lowest BCUT2D eigenvalue weighted by molar-refractivity contribution is 0.669. The van der Waals surface area contributed by atoms with Gasteiger partial charge in [0.25, 0.3) is 0 Å². The summed E-state index contributed by atoms with van der Waals surface area (Å²) >= 11 is 0. The van der Waals surface area contributed by atoms with Crippen LogP contribution in [0, 0.1) is 0 Å². The molecule has 0 saturated heterocycles.